The van der Waals surface area contributed by atoms with Gasteiger partial charge in [0, 0.05) is 5.02 Å². The van der Waals surface area contributed by atoms with Gasteiger partial charge in [-0.1, -0.05) is 11.6 Å². The van der Waals surface area contributed by atoms with E-state index in [1.807, 2.05) is 0 Å². The summed E-state index contributed by atoms with van der Waals surface area (Å²) in [6.45, 7) is 0. The zero-order valence-corrected chi connectivity index (χ0v) is 9.48. The first-order valence-corrected chi connectivity index (χ1v) is 5.14. The van der Waals surface area contributed by atoms with Gasteiger partial charge in [-0.3, -0.25) is 5.41 Å². The van der Waals surface area contributed by atoms with E-state index in [2.05, 4.69) is 10.2 Å². The van der Waals surface area contributed by atoms with Crippen molar-refractivity contribution < 1.29 is 4.74 Å². The second-order valence-corrected chi connectivity index (χ2v) is 3.66. The van der Waals surface area contributed by atoms with Gasteiger partial charge in [0.05, 0.1) is 11.8 Å². The maximum atomic E-state index is 7.39. The van der Waals surface area contributed by atoms with Gasteiger partial charge in [-0.15, -0.1) is 5.10 Å². The fourth-order valence-corrected chi connectivity index (χ4v) is 1.34. The lowest BCUT2D eigenvalue weighted by molar-refractivity contribution is 0.454. The molecule has 5 nitrogen and oxygen atoms in total. The summed E-state index contributed by atoms with van der Waals surface area (Å²) in [6, 6.07) is 8.35. The zero-order valence-electron chi connectivity index (χ0n) is 8.72. The molecule has 1 aromatic carbocycles. The molecule has 3 N–H and O–H groups in total. The van der Waals surface area contributed by atoms with Crippen LogP contribution in [0.3, 0.4) is 0 Å². The molecule has 0 spiro atoms. The Morgan fingerprint density at radius 2 is 1.94 bits per heavy atom. The number of hydrogen-bond donors (Lipinski definition) is 2. The monoisotopic (exact) mass is 248 g/mol. The summed E-state index contributed by atoms with van der Waals surface area (Å²) in [5.74, 6) is 0.628. The fourth-order valence-electron chi connectivity index (χ4n) is 1.21. The van der Waals surface area contributed by atoms with E-state index in [1.165, 1.54) is 6.20 Å². The molecule has 0 aliphatic carbocycles. The molecule has 1 aromatic heterocycles. The van der Waals surface area contributed by atoms with Crippen LogP contribution in [-0.2, 0) is 0 Å². The number of hydrogen-bond acceptors (Lipinski definition) is 4. The molecule has 0 bridgehead atoms. The normalized spacial score (nSPS) is 9.94. The van der Waals surface area contributed by atoms with Crippen molar-refractivity contribution >= 4 is 17.4 Å². The minimum atomic E-state index is -0.121. The Morgan fingerprint density at radius 1 is 1.24 bits per heavy atom. The maximum Gasteiger partial charge on any atom is 0.249 e. The number of nitrogens with zero attached hydrogens (tertiary/aromatic N) is 2. The molecule has 0 aliphatic heterocycles. The zero-order chi connectivity index (χ0) is 12.3. The Hall–Kier alpha value is -2.14. The minimum Gasteiger partial charge on any atom is -0.437 e. The van der Waals surface area contributed by atoms with Crippen molar-refractivity contribution in [2.75, 3.05) is 0 Å². The van der Waals surface area contributed by atoms with Gasteiger partial charge in [0.25, 0.3) is 0 Å². The maximum absolute atomic E-state index is 7.39. The molecule has 17 heavy (non-hydrogen) atoms. The Balaban J connectivity index is 2.30. The van der Waals surface area contributed by atoms with Crippen LogP contribution in [0.25, 0.3) is 0 Å². The summed E-state index contributed by atoms with van der Waals surface area (Å²) in [4.78, 5) is 0. The number of nitrogens with one attached hydrogen (secondary N) is 1. The third-order valence-corrected chi connectivity index (χ3v) is 2.26. The predicted molar refractivity (Wildman–Crippen MR) is 64.6 cm³/mol. The van der Waals surface area contributed by atoms with E-state index in [4.69, 9.17) is 27.5 Å². The molecular formula is C11H9ClN4O. The second kappa shape index (κ2) is 4.80. The molecule has 6 heteroatoms. The molecular weight excluding hydrogens is 240 g/mol. The molecule has 1 heterocycles. The van der Waals surface area contributed by atoms with Gasteiger partial charge in [-0.25, -0.2) is 0 Å². The lowest BCUT2D eigenvalue weighted by atomic mass is 10.3. The number of rotatable bonds is 3. The van der Waals surface area contributed by atoms with Crippen LogP contribution < -0.4 is 10.5 Å². The highest BCUT2D eigenvalue weighted by Crippen LogP contribution is 2.23. The average Bonchev–Trinajstić information content (AvgIpc) is 2.32. The number of nitrogens with two attached hydrogens (primary N) is 1. The number of aromatic nitrogens is 2. The van der Waals surface area contributed by atoms with E-state index in [0.29, 0.717) is 16.3 Å². The smallest absolute Gasteiger partial charge is 0.249 e. The van der Waals surface area contributed by atoms with Crippen molar-refractivity contribution in [3.8, 4) is 11.6 Å². The lowest BCUT2D eigenvalue weighted by Gasteiger charge is -2.07. The predicted octanol–water partition coefficient (Wildman–Crippen LogP) is 2.21. The molecule has 0 unspecified atom stereocenters. The third kappa shape index (κ3) is 2.70. The average molecular weight is 249 g/mol. The first-order chi connectivity index (χ1) is 8.16. The molecule has 0 radical (unpaired) electrons. The molecule has 2 rings (SSSR count). The van der Waals surface area contributed by atoms with Gasteiger partial charge >= 0.3 is 0 Å². The number of halogens is 1. The van der Waals surface area contributed by atoms with Gasteiger partial charge < -0.3 is 10.5 Å². The molecule has 2 aromatic rings. The van der Waals surface area contributed by atoms with E-state index in [0.717, 1.165) is 0 Å². The standard InChI is InChI=1S/C11H9ClN4O/c12-7-1-3-8(4-2-7)17-11-9(10(13)14)5-6-15-16-11/h1-6H,(H3,13,14). The first kappa shape index (κ1) is 11.3. The van der Waals surface area contributed by atoms with Crippen LogP contribution in [0.2, 0.25) is 5.02 Å². The largest absolute Gasteiger partial charge is 0.437 e. The van der Waals surface area contributed by atoms with Crippen LogP contribution in [-0.4, -0.2) is 16.0 Å². The summed E-state index contributed by atoms with van der Waals surface area (Å²) >= 11 is 5.76. The Bertz CT molecular complexity index is 541. The van der Waals surface area contributed by atoms with Crippen molar-refractivity contribution in [1.82, 2.24) is 10.2 Å². The van der Waals surface area contributed by atoms with Crippen molar-refractivity contribution in [3.05, 3.63) is 47.1 Å². The highest BCUT2D eigenvalue weighted by Gasteiger charge is 2.09. The van der Waals surface area contributed by atoms with Crippen molar-refractivity contribution in [2.45, 2.75) is 0 Å². The topological polar surface area (TPSA) is 84.9 Å². The number of ether oxygens (including phenoxy) is 1. The van der Waals surface area contributed by atoms with Crippen LogP contribution >= 0.6 is 11.6 Å². The third-order valence-electron chi connectivity index (χ3n) is 2.01. The fraction of sp³-hybridized carbons (Fsp3) is 0. The van der Waals surface area contributed by atoms with Crippen LogP contribution in [0.15, 0.2) is 36.5 Å². The number of benzene rings is 1. The van der Waals surface area contributed by atoms with Crippen LogP contribution in [0.1, 0.15) is 5.56 Å². The van der Waals surface area contributed by atoms with Gasteiger partial charge in [0.1, 0.15) is 11.6 Å². The summed E-state index contributed by atoms with van der Waals surface area (Å²) in [5, 5.41) is 15.5. The molecule has 0 atom stereocenters. The van der Waals surface area contributed by atoms with Gasteiger partial charge in [-0.2, -0.15) is 5.10 Å². The quantitative estimate of drug-likeness (QED) is 0.644. The van der Waals surface area contributed by atoms with Gasteiger partial charge in [-0.05, 0) is 30.3 Å². The van der Waals surface area contributed by atoms with Crippen molar-refractivity contribution in [2.24, 2.45) is 5.73 Å². The van der Waals surface area contributed by atoms with E-state index in [9.17, 15) is 0 Å². The SMILES string of the molecule is N=C(N)c1ccnnc1Oc1ccc(Cl)cc1. The molecule has 86 valence electrons. The Kier molecular flexibility index (Phi) is 3.20. The summed E-state index contributed by atoms with van der Waals surface area (Å²) < 4.78 is 5.47. The van der Waals surface area contributed by atoms with Crippen molar-refractivity contribution in [1.29, 1.82) is 5.41 Å². The van der Waals surface area contributed by atoms with Crippen molar-refractivity contribution in [3.63, 3.8) is 0 Å². The summed E-state index contributed by atoms with van der Waals surface area (Å²) in [6.07, 6.45) is 1.45. The van der Waals surface area contributed by atoms with Gasteiger partial charge in [0.2, 0.25) is 5.88 Å². The van der Waals surface area contributed by atoms with Crippen LogP contribution in [0.5, 0.6) is 11.6 Å². The Morgan fingerprint density at radius 3 is 2.59 bits per heavy atom. The lowest BCUT2D eigenvalue weighted by Crippen LogP contribution is -2.13. The van der Waals surface area contributed by atoms with Crippen LogP contribution in [0, 0.1) is 5.41 Å². The molecule has 0 aliphatic rings. The minimum absolute atomic E-state index is 0.121. The number of nitrogen functional groups attached to an aromatic ring is 1. The number of amidine groups is 1. The molecule has 0 amide bonds. The Labute approximate surface area is 103 Å². The van der Waals surface area contributed by atoms with E-state index < -0.39 is 0 Å². The first-order valence-electron chi connectivity index (χ1n) is 4.76. The van der Waals surface area contributed by atoms with Gasteiger partial charge in [0.15, 0.2) is 0 Å². The molecule has 0 saturated heterocycles. The highest BCUT2D eigenvalue weighted by atomic mass is 35.5. The van der Waals surface area contributed by atoms with E-state index >= 15 is 0 Å². The molecule has 0 fully saturated rings. The highest BCUT2D eigenvalue weighted by molar-refractivity contribution is 6.30. The van der Waals surface area contributed by atoms with E-state index in [1.54, 1.807) is 30.3 Å². The van der Waals surface area contributed by atoms with E-state index in [-0.39, 0.29) is 11.7 Å². The van der Waals surface area contributed by atoms with Crippen LogP contribution in [0.4, 0.5) is 0 Å². The summed E-state index contributed by atoms with van der Waals surface area (Å²) in [5.41, 5.74) is 5.80. The second-order valence-electron chi connectivity index (χ2n) is 3.22. The molecule has 0 saturated carbocycles. The summed E-state index contributed by atoms with van der Waals surface area (Å²) in [7, 11) is 0.